The molecule has 0 aromatic rings. The molecule has 0 bridgehead atoms. The van der Waals surface area contributed by atoms with Crippen molar-refractivity contribution in [3.63, 3.8) is 0 Å². The second-order valence-electron chi connectivity index (χ2n) is 3.87. The van der Waals surface area contributed by atoms with Gasteiger partial charge in [-0.15, -0.1) is 0 Å². The molecule has 0 aliphatic carbocycles. The van der Waals surface area contributed by atoms with Crippen LogP contribution < -0.4 is 0 Å². The van der Waals surface area contributed by atoms with Crippen molar-refractivity contribution >= 4 is 29.4 Å². The molecule has 0 rings (SSSR count). The lowest BCUT2D eigenvalue weighted by Gasteiger charge is -2.00. The number of rotatable bonds is 10. The van der Waals surface area contributed by atoms with Crippen LogP contribution in [0.3, 0.4) is 0 Å². The maximum Gasteiger partial charge on any atom is 0.00313 e. The van der Waals surface area contributed by atoms with Crippen molar-refractivity contribution in [2.45, 2.75) is 71.1 Å². The topological polar surface area (TPSA) is 0 Å². The number of halogens is 1. The van der Waals surface area contributed by atoms with Crippen LogP contribution in [0.5, 0.6) is 0 Å². The van der Waals surface area contributed by atoms with Crippen LogP contribution in [-0.2, 0) is 0 Å². The predicted octanol–water partition coefficient (Wildman–Crippen LogP) is 5.42. The Labute approximate surface area is 106 Å². The molecule has 0 heterocycles. The van der Waals surface area contributed by atoms with E-state index in [0.29, 0.717) is 0 Å². The first-order valence-electron chi connectivity index (χ1n) is 5.97. The number of hydrogen-bond acceptors (Lipinski definition) is 0. The van der Waals surface area contributed by atoms with Gasteiger partial charge < -0.3 is 0 Å². The Morgan fingerprint density at radius 3 is 1.36 bits per heavy atom. The van der Waals surface area contributed by atoms with Crippen LogP contribution in [0.1, 0.15) is 71.1 Å². The predicted molar refractivity (Wildman–Crippen MR) is 76.0 cm³/mol. The standard InChI is InChI=1S/C12H25Br.H2S/c1-2-3-4-5-6-7-8-9-10-11-12-13;/h2-12H2,1H3;1H2. The highest BCUT2D eigenvalue weighted by molar-refractivity contribution is 9.09. The summed E-state index contributed by atoms with van der Waals surface area (Å²) in [5, 5.41) is 1.18. The molecule has 0 saturated heterocycles. The quantitative estimate of drug-likeness (QED) is 0.371. The molecule has 0 fully saturated rings. The number of alkyl halides is 1. The Morgan fingerprint density at radius 2 is 1.00 bits per heavy atom. The molecule has 0 saturated carbocycles. The normalized spacial score (nSPS) is 9.86. The lowest BCUT2D eigenvalue weighted by atomic mass is 10.1. The summed E-state index contributed by atoms with van der Waals surface area (Å²) in [6, 6.07) is 0. The number of hydrogen-bond donors (Lipinski definition) is 0. The summed E-state index contributed by atoms with van der Waals surface area (Å²) in [5.41, 5.74) is 0. The average molecular weight is 283 g/mol. The Morgan fingerprint density at radius 1 is 0.643 bits per heavy atom. The lowest BCUT2D eigenvalue weighted by molar-refractivity contribution is 0.563. The van der Waals surface area contributed by atoms with Gasteiger partial charge in [0.15, 0.2) is 0 Å². The zero-order valence-electron chi connectivity index (χ0n) is 9.66. The maximum absolute atomic E-state index is 3.46. The molecule has 0 aliphatic rings. The van der Waals surface area contributed by atoms with Gasteiger partial charge in [-0.2, -0.15) is 13.5 Å². The first kappa shape index (κ1) is 17.2. The molecular formula is C12H27BrS. The minimum absolute atomic E-state index is 0. The van der Waals surface area contributed by atoms with Crippen molar-refractivity contribution in [1.82, 2.24) is 0 Å². The smallest absolute Gasteiger partial charge is 0.00313 e. The van der Waals surface area contributed by atoms with Crippen LogP contribution in [0.15, 0.2) is 0 Å². The van der Waals surface area contributed by atoms with Gasteiger partial charge >= 0.3 is 0 Å². The molecule has 0 N–H and O–H groups in total. The Bertz CT molecular complexity index is 76.4. The van der Waals surface area contributed by atoms with Crippen molar-refractivity contribution in [3.8, 4) is 0 Å². The molecule has 0 radical (unpaired) electrons. The fourth-order valence-corrected chi connectivity index (χ4v) is 1.98. The summed E-state index contributed by atoms with van der Waals surface area (Å²) < 4.78 is 0. The molecule has 2 heteroatoms. The largest absolute Gasteiger partial charge is 0.197 e. The van der Waals surface area contributed by atoms with Gasteiger partial charge in [-0.1, -0.05) is 80.6 Å². The highest BCUT2D eigenvalue weighted by atomic mass is 79.9. The Hall–Kier alpha value is 0.830. The van der Waals surface area contributed by atoms with E-state index in [1.807, 2.05) is 0 Å². The first-order chi connectivity index (χ1) is 6.41. The van der Waals surface area contributed by atoms with Gasteiger partial charge in [0.2, 0.25) is 0 Å². The molecule has 0 aromatic carbocycles. The van der Waals surface area contributed by atoms with Crippen LogP contribution in [0.25, 0.3) is 0 Å². The Balaban J connectivity index is 0. The third-order valence-electron chi connectivity index (χ3n) is 2.49. The van der Waals surface area contributed by atoms with E-state index in [-0.39, 0.29) is 13.5 Å². The molecule has 0 atom stereocenters. The molecule has 0 amide bonds. The van der Waals surface area contributed by atoms with Gasteiger partial charge in [0.1, 0.15) is 0 Å². The molecule has 0 spiro atoms. The highest BCUT2D eigenvalue weighted by Gasteiger charge is 1.91. The van der Waals surface area contributed by atoms with Crippen LogP contribution in [0, 0.1) is 0 Å². The van der Waals surface area contributed by atoms with Crippen LogP contribution in [0.4, 0.5) is 0 Å². The van der Waals surface area contributed by atoms with Crippen LogP contribution in [0.2, 0.25) is 0 Å². The molecule has 14 heavy (non-hydrogen) atoms. The van der Waals surface area contributed by atoms with Gasteiger partial charge in [0.25, 0.3) is 0 Å². The van der Waals surface area contributed by atoms with E-state index in [1.165, 1.54) is 69.5 Å². The van der Waals surface area contributed by atoms with E-state index in [4.69, 9.17) is 0 Å². The van der Waals surface area contributed by atoms with Gasteiger partial charge in [0, 0.05) is 5.33 Å². The van der Waals surface area contributed by atoms with E-state index in [9.17, 15) is 0 Å². The fourth-order valence-electron chi connectivity index (χ4n) is 1.58. The van der Waals surface area contributed by atoms with Crippen LogP contribution >= 0.6 is 29.4 Å². The van der Waals surface area contributed by atoms with E-state index < -0.39 is 0 Å². The summed E-state index contributed by atoms with van der Waals surface area (Å²) in [6.07, 6.45) is 14.3. The second kappa shape index (κ2) is 16.3. The highest BCUT2D eigenvalue weighted by Crippen LogP contribution is 2.10. The van der Waals surface area contributed by atoms with E-state index in [1.54, 1.807) is 0 Å². The van der Waals surface area contributed by atoms with Crippen molar-refractivity contribution in [2.75, 3.05) is 5.33 Å². The summed E-state index contributed by atoms with van der Waals surface area (Å²) in [6.45, 7) is 2.28. The molecule has 0 aliphatic heterocycles. The van der Waals surface area contributed by atoms with Gasteiger partial charge in [-0.3, -0.25) is 0 Å². The minimum Gasteiger partial charge on any atom is -0.197 e. The van der Waals surface area contributed by atoms with Crippen molar-refractivity contribution < 1.29 is 0 Å². The van der Waals surface area contributed by atoms with Gasteiger partial charge in [-0.05, 0) is 6.42 Å². The van der Waals surface area contributed by atoms with Gasteiger partial charge in [-0.25, -0.2) is 0 Å². The Kier molecular flexibility index (Phi) is 20.0. The lowest BCUT2D eigenvalue weighted by Crippen LogP contribution is -1.81. The summed E-state index contributed by atoms with van der Waals surface area (Å²) in [7, 11) is 0. The van der Waals surface area contributed by atoms with Crippen LogP contribution in [-0.4, -0.2) is 5.33 Å². The monoisotopic (exact) mass is 282 g/mol. The fraction of sp³-hybridized carbons (Fsp3) is 1.00. The first-order valence-corrected chi connectivity index (χ1v) is 7.10. The summed E-state index contributed by atoms with van der Waals surface area (Å²) in [4.78, 5) is 0. The molecule has 0 nitrogen and oxygen atoms in total. The molecule has 88 valence electrons. The SMILES string of the molecule is CCCCCCCCCCCCBr.S. The minimum atomic E-state index is 0. The average Bonchev–Trinajstić information content (AvgIpc) is 2.16. The maximum atomic E-state index is 3.46. The number of unbranched alkanes of at least 4 members (excludes halogenated alkanes) is 9. The van der Waals surface area contributed by atoms with Crippen molar-refractivity contribution in [1.29, 1.82) is 0 Å². The van der Waals surface area contributed by atoms with Gasteiger partial charge in [0.05, 0.1) is 0 Å². The van der Waals surface area contributed by atoms with E-state index in [2.05, 4.69) is 22.9 Å². The van der Waals surface area contributed by atoms with E-state index in [0.717, 1.165) is 0 Å². The molecule has 0 unspecified atom stereocenters. The third kappa shape index (κ3) is 15.3. The molecule has 0 aromatic heterocycles. The van der Waals surface area contributed by atoms with Crippen molar-refractivity contribution in [2.24, 2.45) is 0 Å². The van der Waals surface area contributed by atoms with E-state index >= 15 is 0 Å². The second-order valence-corrected chi connectivity index (χ2v) is 4.66. The zero-order valence-corrected chi connectivity index (χ0v) is 12.2. The summed E-state index contributed by atoms with van der Waals surface area (Å²) >= 11 is 3.46. The zero-order chi connectivity index (χ0) is 9.78. The third-order valence-corrected chi connectivity index (χ3v) is 3.05. The summed E-state index contributed by atoms with van der Waals surface area (Å²) in [5.74, 6) is 0. The molecular weight excluding hydrogens is 256 g/mol. The van der Waals surface area contributed by atoms with Crippen molar-refractivity contribution in [3.05, 3.63) is 0 Å².